The Morgan fingerprint density at radius 2 is 1.60 bits per heavy atom. The van der Waals surface area contributed by atoms with Crippen LogP contribution in [0.15, 0.2) is 24.3 Å². The van der Waals surface area contributed by atoms with Crippen molar-refractivity contribution in [1.29, 1.82) is 5.41 Å². The van der Waals surface area contributed by atoms with Gasteiger partial charge in [-0.15, -0.1) is 0 Å². The summed E-state index contributed by atoms with van der Waals surface area (Å²) in [6.07, 6.45) is 1.81. The van der Waals surface area contributed by atoms with E-state index in [1.807, 2.05) is 58.0 Å². The van der Waals surface area contributed by atoms with Gasteiger partial charge in [0, 0.05) is 5.71 Å². The highest BCUT2D eigenvalue weighted by atomic mass is 14.4. The molecular weight excluding hydrogens is 182 g/mol. The second-order valence-corrected chi connectivity index (χ2v) is 2.53. The summed E-state index contributed by atoms with van der Waals surface area (Å²) >= 11 is 0. The molecule has 1 aromatic carbocycles. The highest BCUT2D eigenvalue weighted by Gasteiger charge is 1.81. The third kappa shape index (κ3) is 7.68. The fourth-order valence-electron chi connectivity index (χ4n) is 0.908. The minimum Gasteiger partial charge on any atom is -0.306 e. The van der Waals surface area contributed by atoms with Gasteiger partial charge in [-0.25, -0.2) is 0 Å². The predicted molar refractivity (Wildman–Crippen MR) is 71.8 cm³/mol. The Labute approximate surface area is 93.7 Å². The van der Waals surface area contributed by atoms with E-state index in [9.17, 15) is 0 Å². The van der Waals surface area contributed by atoms with E-state index in [0.29, 0.717) is 5.71 Å². The molecule has 0 radical (unpaired) electrons. The first-order valence-electron chi connectivity index (χ1n) is 5.51. The van der Waals surface area contributed by atoms with Crippen molar-refractivity contribution in [3.63, 3.8) is 0 Å². The van der Waals surface area contributed by atoms with Gasteiger partial charge in [-0.3, -0.25) is 0 Å². The molecule has 1 N–H and O–H groups in total. The molecule has 0 aliphatic heterocycles. The first kappa shape index (κ1) is 16.1. The minimum atomic E-state index is 0.557. The molecule has 0 aliphatic carbocycles. The third-order valence-corrected chi connectivity index (χ3v) is 1.43. The summed E-state index contributed by atoms with van der Waals surface area (Å²) in [6, 6.07) is 7.79. The van der Waals surface area contributed by atoms with E-state index < -0.39 is 0 Å². The monoisotopic (exact) mass is 205 g/mol. The van der Waals surface area contributed by atoms with Crippen LogP contribution in [0.4, 0.5) is 0 Å². The van der Waals surface area contributed by atoms with Gasteiger partial charge in [0.15, 0.2) is 0 Å². The summed E-state index contributed by atoms with van der Waals surface area (Å²) in [6.45, 7) is 13.6. The van der Waals surface area contributed by atoms with Crippen molar-refractivity contribution in [2.75, 3.05) is 0 Å². The largest absolute Gasteiger partial charge is 0.306 e. The molecule has 0 saturated heterocycles. The molecule has 0 amide bonds. The van der Waals surface area contributed by atoms with Gasteiger partial charge in [0.25, 0.3) is 0 Å². The summed E-state index contributed by atoms with van der Waals surface area (Å²) in [5.41, 5.74) is 0.557. The van der Waals surface area contributed by atoms with Crippen LogP contribution in [-0.4, -0.2) is 5.71 Å². The maximum atomic E-state index is 7.25. The van der Waals surface area contributed by atoms with Gasteiger partial charge in [0.2, 0.25) is 0 Å². The van der Waals surface area contributed by atoms with Gasteiger partial charge < -0.3 is 5.41 Å². The Morgan fingerprint density at radius 1 is 1.13 bits per heavy atom. The van der Waals surface area contributed by atoms with Crippen molar-refractivity contribution in [3.05, 3.63) is 34.7 Å². The maximum Gasteiger partial charge on any atom is 0.0289 e. The lowest BCUT2D eigenvalue weighted by Crippen LogP contribution is -2.22. The first-order chi connectivity index (χ1) is 7.20. The maximum absolute atomic E-state index is 7.25. The topological polar surface area (TPSA) is 23.9 Å². The average molecular weight is 205 g/mol. The van der Waals surface area contributed by atoms with E-state index in [-0.39, 0.29) is 0 Å². The highest BCUT2D eigenvalue weighted by molar-refractivity contribution is 6.06. The van der Waals surface area contributed by atoms with Gasteiger partial charge >= 0.3 is 0 Å². The van der Waals surface area contributed by atoms with Gasteiger partial charge in [0.1, 0.15) is 0 Å². The van der Waals surface area contributed by atoms with Crippen LogP contribution in [0.1, 0.15) is 34.6 Å². The normalized spacial score (nSPS) is 9.27. The van der Waals surface area contributed by atoms with Crippen LogP contribution in [0.2, 0.25) is 0 Å². The molecule has 0 aliphatic rings. The number of benzene rings is 1. The van der Waals surface area contributed by atoms with E-state index >= 15 is 0 Å². The third-order valence-electron chi connectivity index (χ3n) is 1.43. The molecule has 0 aromatic heterocycles. The Bertz CT molecular complexity index is 363. The average Bonchev–Trinajstić information content (AvgIpc) is 2.27. The van der Waals surface area contributed by atoms with E-state index in [1.54, 1.807) is 6.92 Å². The molecular formula is C14H23N. The van der Waals surface area contributed by atoms with Crippen LogP contribution in [0.5, 0.6) is 0 Å². The summed E-state index contributed by atoms with van der Waals surface area (Å²) in [7, 11) is 0. The van der Waals surface area contributed by atoms with Gasteiger partial charge in [-0.05, 0) is 23.4 Å². The van der Waals surface area contributed by atoms with Crippen LogP contribution in [0.25, 0.3) is 12.7 Å². The number of hydrogen-bond acceptors (Lipinski definition) is 1. The van der Waals surface area contributed by atoms with Gasteiger partial charge in [-0.1, -0.05) is 58.5 Å². The molecule has 0 atom stereocenters. The number of hydrogen-bond donors (Lipinski definition) is 1. The smallest absolute Gasteiger partial charge is 0.0289 e. The van der Waals surface area contributed by atoms with Gasteiger partial charge in [0.05, 0.1) is 0 Å². The highest BCUT2D eigenvalue weighted by Crippen LogP contribution is 1.72. The molecule has 0 spiro atoms. The lowest BCUT2D eigenvalue weighted by atomic mass is 10.2. The lowest BCUT2D eigenvalue weighted by Gasteiger charge is -1.86. The Balaban J connectivity index is 0. The Kier molecular flexibility index (Phi) is 11.5. The Hall–Kier alpha value is -1.37. The van der Waals surface area contributed by atoms with Crippen LogP contribution in [0, 0.1) is 5.41 Å². The molecule has 1 nitrogen and oxygen atoms in total. The molecule has 0 unspecified atom stereocenters. The van der Waals surface area contributed by atoms with E-state index in [0.717, 1.165) is 10.4 Å². The van der Waals surface area contributed by atoms with Crippen LogP contribution < -0.4 is 10.4 Å². The first-order valence-corrected chi connectivity index (χ1v) is 5.51. The summed E-state index contributed by atoms with van der Waals surface area (Å²) in [5.74, 6) is 0. The number of nitrogens with one attached hydrogen (secondary N) is 1. The van der Waals surface area contributed by atoms with Crippen molar-refractivity contribution in [2.24, 2.45) is 0 Å². The standard InChI is InChI=1S/C10H11N.2C2H6/c1-8-5-3-4-6-10(8)7-9(2)11;2*1-2/h3-7,11H,1H2,2H3;2*1-2H3/b10-7-,11-9?;;. The van der Waals surface area contributed by atoms with E-state index in [1.165, 1.54) is 0 Å². The molecule has 0 fully saturated rings. The van der Waals surface area contributed by atoms with Crippen molar-refractivity contribution in [2.45, 2.75) is 34.6 Å². The van der Waals surface area contributed by atoms with Crippen molar-refractivity contribution in [3.8, 4) is 0 Å². The van der Waals surface area contributed by atoms with Crippen molar-refractivity contribution in [1.82, 2.24) is 0 Å². The molecule has 1 rings (SSSR count). The summed E-state index contributed by atoms with van der Waals surface area (Å²) < 4.78 is 0. The molecule has 0 bridgehead atoms. The minimum absolute atomic E-state index is 0.557. The van der Waals surface area contributed by atoms with Crippen LogP contribution in [-0.2, 0) is 0 Å². The summed E-state index contributed by atoms with van der Waals surface area (Å²) in [4.78, 5) is 0. The SMILES string of the molecule is C=c1cccc/c1=C/C(C)=N.CC.CC. The molecule has 1 heteroatoms. The zero-order chi connectivity index (χ0) is 12.3. The summed E-state index contributed by atoms with van der Waals surface area (Å²) in [5, 5.41) is 9.24. The van der Waals surface area contributed by atoms with E-state index in [4.69, 9.17) is 5.41 Å². The molecule has 0 saturated carbocycles. The number of rotatable bonds is 1. The van der Waals surface area contributed by atoms with E-state index in [2.05, 4.69) is 6.58 Å². The second kappa shape index (κ2) is 10.7. The van der Waals surface area contributed by atoms with Gasteiger partial charge in [-0.2, -0.15) is 0 Å². The Morgan fingerprint density at radius 3 is 2.00 bits per heavy atom. The van der Waals surface area contributed by atoms with Crippen molar-refractivity contribution >= 4 is 18.4 Å². The van der Waals surface area contributed by atoms with Crippen LogP contribution in [0.3, 0.4) is 0 Å². The lowest BCUT2D eigenvalue weighted by molar-refractivity contribution is 1.49. The molecule has 15 heavy (non-hydrogen) atoms. The fraction of sp³-hybridized carbons (Fsp3) is 0.357. The molecule has 0 heterocycles. The second-order valence-electron chi connectivity index (χ2n) is 2.53. The zero-order valence-electron chi connectivity index (χ0n) is 10.6. The zero-order valence-corrected chi connectivity index (χ0v) is 10.6. The molecule has 1 aromatic rings. The quantitative estimate of drug-likeness (QED) is 0.682. The fourth-order valence-corrected chi connectivity index (χ4v) is 0.908. The predicted octanol–water partition coefficient (Wildman–Crippen LogP) is 2.97. The molecule has 84 valence electrons. The van der Waals surface area contributed by atoms with Crippen LogP contribution >= 0.6 is 0 Å². The van der Waals surface area contributed by atoms with Crippen molar-refractivity contribution < 1.29 is 0 Å².